The molecule has 1 aliphatic carbocycles. The molecule has 2 rings (SSSR count). The SMILES string of the molecule is CC1(C)CCC(NC2=NCCN(C(=O)OC(C)(C)C)C2)C1. The molecule has 1 N–H and O–H groups in total. The van der Waals surface area contributed by atoms with Crippen LogP contribution in [0.2, 0.25) is 0 Å². The maximum absolute atomic E-state index is 12.1. The topological polar surface area (TPSA) is 53.9 Å². The average Bonchev–Trinajstić information content (AvgIpc) is 2.67. The van der Waals surface area contributed by atoms with Crippen molar-refractivity contribution in [2.24, 2.45) is 10.4 Å². The van der Waals surface area contributed by atoms with Crippen LogP contribution >= 0.6 is 0 Å². The molecule has 2 aliphatic rings. The van der Waals surface area contributed by atoms with Gasteiger partial charge in [-0.1, -0.05) is 13.8 Å². The maximum atomic E-state index is 12.1. The van der Waals surface area contributed by atoms with E-state index in [0.29, 0.717) is 31.1 Å². The quantitative estimate of drug-likeness (QED) is 0.809. The molecule has 0 bridgehead atoms. The van der Waals surface area contributed by atoms with Gasteiger partial charge in [0.25, 0.3) is 0 Å². The molecule has 21 heavy (non-hydrogen) atoms. The van der Waals surface area contributed by atoms with Gasteiger partial charge in [0.1, 0.15) is 11.4 Å². The van der Waals surface area contributed by atoms with Crippen LogP contribution < -0.4 is 5.32 Å². The maximum Gasteiger partial charge on any atom is 0.410 e. The zero-order valence-corrected chi connectivity index (χ0v) is 14.0. The van der Waals surface area contributed by atoms with Crippen LogP contribution in [0.25, 0.3) is 0 Å². The van der Waals surface area contributed by atoms with Crippen LogP contribution in [0.3, 0.4) is 0 Å². The third-order valence-electron chi connectivity index (χ3n) is 4.00. The Morgan fingerprint density at radius 2 is 2.14 bits per heavy atom. The fourth-order valence-electron chi connectivity index (χ4n) is 2.98. The van der Waals surface area contributed by atoms with Crippen molar-refractivity contribution >= 4 is 11.9 Å². The lowest BCUT2D eigenvalue weighted by atomic mass is 9.92. The third kappa shape index (κ3) is 4.90. The molecule has 5 nitrogen and oxygen atoms in total. The van der Waals surface area contributed by atoms with E-state index in [1.165, 1.54) is 19.3 Å². The second-order valence-corrected chi connectivity index (χ2v) is 7.98. The van der Waals surface area contributed by atoms with Crippen LogP contribution in [0.1, 0.15) is 53.9 Å². The molecular weight excluding hydrogens is 266 g/mol. The summed E-state index contributed by atoms with van der Waals surface area (Å²) in [5.41, 5.74) is -0.0352. The van der Waals surface area contributed by atoms with Crippen molar-refractivity contribution in [1.82, 2.24) is 10.2 Å². The number of carbonyl (C=O) groups excluding carboxylic acids is 1. The molecule has 0 spiro atoms. The fraction of sp³-hybridized carbons (Fsp3) is 0.875. The van der Waals surface area contributed by atoms with Gasteiger partial charge in [0.2, 0.25) is 0 Å². The first-order chi connectivity index (χ1) is 9.65. The van der Waals surface area contributed by atoms with E-state index in [0.717, 1.165) is 5.84 Å². The summed E-state index contributed by atoms with van der Waals surface area (Å²) in [6, 6.07) is 0.484. The zero-order chi connectivity index (χ0) is 15.7. The highest BCUT2D eigenvalue weighted by atomic mass is 16.6. The second-order valence-electron chi connectivity index (χ2n) is 7.98. The van der Waals surface area contributed by atoms with E-state index in [1.807, 2.05) is 20.8 Å². The molecule has 0 radical (unpaired) electrons. The van der Waals surface area contributed by atoms with E-state index in [-0.39, 0.29) is 6.09 Å². The average molecular weight is 295 g/mol. The highest BCUT2D eigenvalue weighted by Gasteiger charge is 2.32. The third-order valence-corrected chi connectivity index (χ3v) is 4.00. The van der Waals surface area contributed by atoms with Crippen molar-refractivity contribution in [2.45, 2.75) is 65.5 Å². The van der Waals surface area contributed by atoms with Gasteiger partial charge in [0.15, 0.2) is 0 Å². The molecule has 5 heteroatoms. The van der Waals surface area contributed by atoms with Crippen molar-refractivity contribution in [3.05, 3.63) is 0 Å². The number of rotatable bonds is 1. The normalized spacial score (nSPS) is 25.5. The summed E-state index contributed by atoms with van der Waals surface area (Å²) in [4.78, 5) is 18.4. The molecule has 1 aliphatic heterocycles. The van der Waals surface area contributed by atoms with E-state index in [1.54, 1.807) is 4.90 Å². The van der Waals surface area contributed by atoms with Crippen LogP contribution in [-0.2, 0) is 4.74 Å². The van der Waals surface area contributed by atoms with Gasteiger partial charge >= 0.3 is 6.09 Å². The van der Waals surface area contributed by atoms with E-state index >= 15 is 0 Å². The standard InChI is InChI=1S/C16H29N3O2/c1-15(2,3)21-14(20)19-9-8-17-13(11-19)18-12-6-7-16(4,5)10-12/h12H,6-11H2,1-5H3,(H,17,18). The summed E-state index contributed by atoms with van der Waals surface area (Å²) in [6.45, 7) is 12.1. The van der Waals surface area contributed by atoms with Gasteiger partial charge < -0.3 is 10.1 Å². The fourth-order valence-corrected chi connectivity index (χ4v) is 2.98. The summed E-state index contributed by atoms with van der Waals surface area (Å²) in [5, 5.41) is 3.52. The van der Waals surface area contributed by atoms with Crippen molar-refractivity contribution in [1.29, 1.82) is 0 Å². The van der Waals surface area contributed by atoms with E-state index < -0.39 is 5.60 Å². The first-order valence-corrected chi connectivity index (χ1v) is 7.92. The number of carbonyl (C=O) groups is 1. The minimum Gasteiger partial charge on any atom is -0.444 e. The second kappa shape index (κ2) is 5.85. The molecular formula is C16H29N3O2. The molecule has 0 aromatic carbocycles. The highest BCUT2D eigenvalue weighted by Crippen LogP contribution is 2.36. The van der Waals surface area contributed by atoms with Gasteiger partial charge in [0.05, 0.1) is 13.1 Å². The lowest BCUT2D eigenvalue weighted by molar-refractivity contribution is 0.0276. The zero-order valence-electron chi connectivity index (χ0n) is 14.0. The summed E-state index contributed by atoms with van der Waals surface area (Å²) in [7, 11) is 0. The monoisotopic (exact) mass is 295 g/mol. The molecule has 1 atom stereocenters. The van der Waals surface area contributed by atoms with E-state index in [9.17, 15) is 4.79 Å². The van der Waals surface area contributed by atoms with Crippen LogP contribution in [0.5, 0.6) is 0 Å². The molecule has 0 aromatic heterocycles. The first kappa shape index (κ1) is 16.1. The van der Waals surface area contributed by atoms with Gasteiger partial charge in [-0.15, -0.1) is 0 Å². The molecule has 1 heterocycles. The summed E-state index contributed by atoms with van der Waals surface area (Å²) in [5.74, 6) is 0.926. The van der Waals surface area contributed by atoms with Gasteiger partial charge in [-0.3, -0.25) is 9.89 Å². The molecule has 1 saturated carbocycles. The molecule has 0 aromatic rings. The first-order valence-electron chi connectivity index (χ1n) is 7.92. The Balaban J connectivity index is 1.86. The predicted molar refractivity (Wildman–Crippen MR) is 84.7 cm³/mol. The van der Waals surface area contributed by atoms with Gasteiger partial charge in [-0.05, 0) is 45.4 Å². The van der Waals surface area contributed by atoms with Crippen LogP contribution in [-0.4, -0.2) is 48.1 Å². The number of nitrogens with zero attached hydrogens (tertiary/aromatic N) is 2. The molecule has 1 fully saturated rings. The number of ether oxygens (including phenoxy) is 1. The summed E-state index contributed by atoms with van der Waals surface area (Å²) >= 11 is 0. The lowest BCUT2D eigenvalue weighted by Crippen LogP contribution is -2.49. The molecule has 1 unspecified atom stereocenters. The Morgan fingerprint density at radius 1 is 1.43 bits per heavy atom. The van der Waals surface area contributed by atoms with Crippen molar-refractivity contribution in [3.63, 3.8) is 0 Å². The predicted octanol–water partition coefficient (Wildman–Crippen LogP) is 2.80. The van der Waals surface area contributed by atoms with Crippen molar-refractivity contribution in [3.8, 4) is 0 Å². The smallest absolute Gasteiger partial charge is 0.410 e. The largest absolute Gasteiger partial charge is 0.444 e. The Labute approximate surface area is 128 Å². The Kier molecular flexibility index (Phi) is 4.49. The minimum atomic E-state index is -0.450. The van der Waals surface area contributed by atoms with Crippen LogP contribution in [0, 0.1) is 5.41 Å². The van der Waals surface area contributed by atoms with Crippen molar-refractivity contribution < 1.29 is 9.53 Å². The summed E-state index contributed by atoms with van der Waals surface area (Å²) in [6.07, 6.45) is 3.34. The number of aliphatic imine (C=N–C) groups is 1. The Hall–Kier alpha value is -1.26. The van der Waals surface area contributed by atoms with Crippen LogP contribution in [0.15, 0.2) is 4.99 Å². The Bertz CT molecular complexity index is 424. The van der Waals surface area contributed by atoms with E-state index in [2.05, 4.69) is 24.2 Å². The van der Waals surface area contributed by atoms with Gasteiger partial charge in [-0.2, -0.15) is 0 Å². The van der Waals surface area contributed by atoms with Crippen molar-refractivity contribution in [2.75, 3.05) is 19.6 Å². The molecule has 0 saturated heterocycles. The summed E-state index contributed by atoms with van der Waals surface area (Å²) < 4.78 is 5.43. The highest BCUT2D eigenvalue weighted by molar-refractivity contribution is 5.88. The van der Waals surface area contributed by atoms with Crippen LogP contribution in [0.4, 0.5) is 4.79 Å². The van der Waals surface area contributed by atoms with E-state index in [4.69, 9.17) is 4.74 Å². The number of hydrogen-bond acceptors (Lipinski definition) is 4. The Morgan fingerprint density at radius 3 is 2.71 bits per heavy atom. The minimum absolute atomic E-state index is 0.247. The van der Waals surface area contributed by atoms with Gasteiger partial charge in [-0.25, -0.2) is 4.79 Å². The lowest BCUT2D eigenvalue weighted by Gasteiger charge is -2.31. The number of amides is 1. The van der Waals surface area contributed by atoms with Gasteiger partial charge in [0, 0.05) is 12.6 Å². The number of hydrogen-bond donors (Lipinski definition) is 1. The number of amidine groups is 1. The number of nitrogens with one attached hydrogen (secondary N) is 1. The molecule has 1 amide bonds. The molecule has 120 valence electrons.